The molecule has 4 nitrogen and oxygen atoms in total. The largest absolute Gasteiger partial charge is 0.494 e. The number of allylic oxidation sites excluding steroid dienone is 1. The Morgan fingerprint density at radius 3 is 2.03 bits per heavy atom. The van der Waals surface area contributed by atoms with E-state index in [9.17, 15) is 9.18 Å². The number of esters is 1. The maximum absolute atomic E-state index is 14.0. The van der Waals surface area contributed by atoms with Crippen LogP contribution in [0.25, 0.3) is 0 Å². The summed E-state index contributed by atoms with van der Waals surface area (Å²) in [5, 5.41) is 0. The maximum Gasteiger partial charge on any atom is 0.343 e. The Balaban J connectivity index is 1.62. The Morgan fingerprint density at radius 1 is 0.784 bits per heavy atom. The summed E-state index contributed by atoms with van der Waals surface area (Å²) < 4.78 is 30.7. The molecule has 0 heterocycles. The van der Waals surface area contributed by atoms with Crippen molar-refractivity contribution < 1.29 is 23.4 Å². The number of carbonyl (C=O) groups is 1. The summed E-state index contributed by atoms with van der Waals surface area (Å²) in [5.41, 5.74) is 0.451. The van der Waals surface area contributed by atoms with Crippen molar-refractivity contribution in [3.05, 3.63) is 66.7 Å². The third-order valence-electron chi connectivity index (χ3n) is 6.25. The molecule has 1 atom stereocenters. The highest BCUT2D eigenvalue weighted by Crippen LogP contribution is 2.21. The number of unbranched alkanes of at least 4 members (excludes halogenated alkanes) is 10. The minimum atomic E-state index is -0.969. The summed E-state index contributed by atoms with van der Waals surface area (Å²) in [6.45, 7) is 6.61. The fourth-order valence-corrected chi connectivity index (χ4v) is 3.98. The van der Waals surface area contributed by atoms with E-state index in [-0.39, 0.29) is 6.61 Å². The number of benzene rings is 2. The minimum Gasteiger partial charge on any atom is -0.494 e. The second-order valence-electron chi connectivity index (χ2n) is 9.54. The lowest BCUT2D eigenvalue weighted by Gasteiger charge is -2.11. The van der Waals surface area contributed by atoms with Gasteiger partial charge in [-0.15, -0.1) is 6.58 Å². The normalized spacial score (nSPS) is 11.6. The summed E-state index contributed by atoms with van der Waals surface area (Å²) in [5.74, 6) is 1.28. The zero-order chi connectivity index (χ0) is 26.6. The Labute approximate surface area is 223 Å². The molecule has 0 radical (unpaired) electrons. The number of hydrogen-bond acceptors (Lipinski definition) is 4. The van der Waals surface area contributed by atoms with Crippen LogP contribution in [0.4, 0.5) is 4.39 Å². The van der Waals surface area contributed by atoms with E-state index in [2.05, 4.69) is 13.5 Å². The third-order valence-corrected chi connectivity index (χ3v) is 6.25. The van der Waals surface area contributed by atoms with Gasteiger partial charge in [0.2, 0.25) is 0 Å². The van der Waals surface area contributed by atoms with Crippen molar-refractivity contribution in [2.24, 2.45) is 0 Å². The van der Waals surface area contributed by atoms with Crippen LogP contribution >= 0.6 is 0 Å². The van der Waals surface area contributed by atoms with Gasteiger partial charge in [-0.2, -0.15) is 0 Å². The highest BCUT2D eigenvalue weighted by Gasteiger charge is 2.10. The van der Waals surface area contributed by atoms with Gasteiger partial charge >= 0.3 is 5.97 Å². The predicted molar refractivity (Wildman–Crippen MR) is 150 cm³/mol. The Bertz CT molecular complexity index is 863. The molecule has 0 saturated carbocycles. The quantitative estimate of drug-likeness (QED) is 0.0723. The van der Waals surface area contributed by atoms with Crippen LogP contribution in [-0.4, -0.2) is 25.4 Å². The Hall–Kier alpha value is -2.82. The third kappa shape index (κ3) is 13.9. The molecule has 0 aliphatic heterocycles. The molecule has 0 bridgehead atoms. The van der Waals surface area contributed by atoms with Gasteiger partial charge in [-0.05, 0) is 74.2 Å². The fourth-order valence-electron chi connectivity index (χ4n) is 3.98. The number of carbonyl (C=O) groups excluding carboxylic acids is 1. The zero-order valence-corrected chi connectivity index (χ0v) is 22.6. The van der Waals surface area contributed by atoms with Crippen LogP contribution in [0.1, 0.15) is 101 Å². The van der Waals surface area contributed by atoms with Gasteiger partial charge in [0.1, 0.15) is 30.0 Å². The fraction of sp³-hybridized carbons (Fsp3) is 0.531. The number of rotatable bonds is 21. The lowest BCUT2D eigenvalue weighted by Crippen LogP contribution is -2.13. The molecule has 2 aromatic carbocycles. The molecule has 1 unspecified atom stereocenters. The number of ether oxygens (including phenoxy) is 3. The van der Waals surface area contributed by atoms with Gasteiger partial charge in [-0.1, -0.05) is 70.8 Å². The first-order valence-electron chi connectivity index (χ1n) is 14.0. The van der Waals surface area contributed by atoms with Crippen molar-refractivity contribution in [2.45, 2.75) is 96.6 Å². The zero-order valence-electron chi connectivity index (χ0n) is 22.6. The molecular formula is C32H45FO4. The van der Waals surface area contributed by atoms with Crippen LogP contribution in [0, 0.1) is 0 Å². The lowest BCUT2D eigenvalue weighted by molar-refractivity contribution is 0.0734. The van der Waals surface area contributed by atoms with Crippen molar-refractivity contribution in [1.82, 2.24) is 0 Å². The molecule has 0 saturated heterocycles. The van der Waals surface area contributed by atoms with Crippen molar-refractivity contribution >= 4 is 5.97 Å². The molecule has 0 N–H and O–H groups in total. The van der Waals surface area contributed by atoms with Gasteiger partial charge in [-0.25, -0.2) is 9.18 Å². The second-order valence-corrected chi connectivity index (χ2v) is 9.54. The SMILES string of the molecule is C=CCCCCCCCCCOc1ccc(C(=O)Oc2ccc(OCC(F)CCCCCC)cc2)cc1. The molecule has 0 aliphatic rings. The van der Waals surface area contributed by atoms with Crippen LogP contribution in [0.2, 0.25) is 0 Å². The monoisotopic (exact) mass is 512 g/mol. The molecule has 0 amide bonds. The molecule has 0 aliphatic carbocycles. The highest BCUT2D eigenvalue weighted by molar-refractivity contribution is 5.91. The van der Waals surface area contributed by atoms with Crippen molar-refractivity contribution in [2.75, 3.05) is 13.2 Å². The summed E-state index contributed by atoms with van der Waals surface area (Å²) in [7, 11) is 0. The van der Waals surface area contributed by atoms with Gasteiger partial charge in [0.15, 0.2) is 0 Å². The maximum atomic E-state index is 14.0. The average Bonchev–Trinajstić information content (AvgIpc) is 2.92. The summed E-state index contributed by atoms with van der Waals surface area (Å²) in [6, 6.07) is 13.7. The minimum absolute atomic E-state index is 0.0378. The number of halogens is 1. The Morgan fingerprint density at radius 2 is 1.35 bits per heavy atom. The smallest absolute Gasteiger partial charge is 0.343 e. The molecule has 0 spiro atoms. The van der Waals surface area contributed by atoms with E-state index < -0.39 is 12.1 Å². The molecular weight excluding hydrogens is 467 g/mol. The molecule has 2 rings (SSSR count). The van der Waals surface area contributed by atoms with Crippen LogP contribution < -0.4 is 14.2 Å². The standard InChI is InChI=1S/C32H45FO4/c1-3-5-7-9-10-11-12-13-15-25-35-29-19-17-27(18-20-29)32(34)37-31-23-21-30(22-24-31)36-26-28(33)16-14-8-6-4-2/h3,17-24,28H,1,4-16,25-26H2,2H3. The summed E-state index contributed by atoms with van der Waals surface area (Å²) >= 11 is 0. The van der Waals surface area contributed by atoms with Gasteiger partial charge in [0, 0.05) is 0 Å². The van der Waals surface area contributed by atoms with E-state index in [0.717, 1.165) is 44.3 Å². The predicted octanol–water partition coefficient (Wildman–Crippen LogP) is 9.28. The van der Waals surface area contributed by atoms with E-state index in [4.69, 9.17) is 14.2 Å². The molecule has 0 aromatic heterocycles. The van der Waals surface area contributed by atoms with Crippen LogP contribution in [0.15, 0.2) is 61.2 Å². The number of alkyl halides is 1. The molecule has 37 heavy (non-hydrogen) atoms. The van der Waals surface area contributed by atoms with E-state index >= 15 is 0 Å². The molecule has 5 heteroatoms. The number of hydrogen-bond donors (Lipinski definition) is 0. The summed E-state index contributed by atoms with van der Waals surface area (Å²) in [6.07, 6.45) is 15.4. The first-order chi connectivity index (χ1) is 18.1. The second kappa shape index (κ2) is 19.3. The van der Waals surface area contributed by atoms with Crippen molar-refractivity contribution in [3.8, 4) is 17.2 Å². The molecule has 204 valence electrons. The first kappa shape index (κ1) is 30.4. The van der Waals surface area contributed by atoms with E-state index in [0.29, 0.717) is 30.1 Å². The average molecular weight is 513 g/mol. The van der Waals surface area contributed by atoms with Gasteiger partial charge < -0.3 is 14.2 Å². The highest BCUT2D eigenvalue weighted by atomic mass is 19.1. The van der Waals surface area contributed by atoms with Crippen LogP contribution in [-0.2, 0) is 0 Å². The van der Waals surface area contributed by atoms with Gasteiger partial charge in [0.25, 0.3) is 0 Å². The first-order valence-corrected chi connectivity index (χ1v) is 14.0. The van der Waals surface area contributed by atoms with E-state index in [1.807, 2.05) is 6.08 Å². The van der Waals surface area contributed by atoms with Crippen molar-refractivity contribution in [1.29, 1.82) is 0 Å². The summed E-state index contributed by atoms with van der Waals surface area (Å²) in [4.78, 5) is 12.5. The van der Waals surface area contributed by atoms with Crippen molar-refractivity contribution in [3.63, 3.8) is 0 Å². The molecule has 0 fully saturated rings. The van der Waals surface area contributed by atoms with Crippen LogP contribution in [0.3, 0.4) is 0 Å². The van der Waals surface area contributed by atoms with E-state index in [1.54, 1.807) is 48.5 Å². The van der Waals surface area contributed by atoms with Crippen LogP contribution in [0.5, 0.6) is 17.2 Å². The Kier molecular flexibility index (Phi) is 15.9. The van der Waals surface area contributed by atoms with Gasteiger partial charge in [0.05, 0.1) is 12.2 Å². The van der Waals surface area contributed by atoms with Gasteiger partial charge in [-0.3, -0.25) is 0 Å². The lowest BCUT2D eigenvalue weighted by atomic mass is 10.1. The van der Waals surface area contributed by atoms with E-state index in [1.165, 1.54) is 38.5 Å². The molecule has 2 aromatic rings. The topological polar surface area (TPSA) is 44.8 Å².